The number of hydrogen-bond acceptors (Lipinski definition) is 4. The molecule has 0 spiro atoms. The number of carbonyl (C=O) groups excluding carboxylic acids is 1. The maximum Gasteiger partial charge on any atom is 0.244 e. The first-order valence-electron chi connectivity index (χ1n) is 7.90. The van der Waals surface area contributed by atoms with Gasteiger partial charge in [-0.2, -0.15) is 0 Å². The maximum absolute atomic E-state index is 12.5. The van der Waals surface area contributed by atoms with E-state index in [0.29, 0.717) is 25.9 Å². The van der Waals surface area contributed by atoms with Gasteiger partial charge >= 0.3 is 0 Å². The van der Waals surface area contributed by atoms with Gasteiger partial charge in [0.15, 0.2) is 0 Å². The van der Waals surface area contributed by atoms with Crippen molar-refractivity contribution in [2.45, 2.75) is 38.3 Å². The molecule has 6 nitrogen and oxygen atoms in total. The molecule has 3 N–H and O–H groups in total. The molecule has 1 aliphatic heterocycles. The van der Waals surface area contributed by atoms with Crippen molar-refractivity contribution in [3.8, 4) is 0 Å². The lowest BCUT2D eigenvalue weighted by atomic mass is 9.91. The normalized spacial score (nSPS) is 19.1. The summed E-state index contributed by atoms with van der Waals surface area (Å²) in [5, 5.41) is 2.96. The van der Waals surface area contributed by atoms with Gasteiger partial charge in [0.05, 0.1) is 5.75 Å². The highest BCUT2D eigenvalue weighted by molar-refractivity contribution is 7.89. The van der Waals surface area contributed by atoms with Crippen LogP contribution in [0.3, 0.4) is 0 Å². The Bertz CT molecular complexity index is 642. The zero-order valence-corrected chi connectivity index (χ0v) is 15.7. The molecule has 24 heavy (non-hydrogen) atoms. The van der Waals surface area contributed by atoms with E-state index in [1.54, 1.807) is 13.8 Å². The number of nitrogens with one attached hydrogen (secondary N) is 1. The number of benzene rings is 1. The van der Waals surface area contributed by atoms with E-state index >= 15 is 0 Å². The van der Waals surface area contributed by atoms with Gasteiger partial charge in [0, 0.05) is 19.1 Å². The lowest BCUT2D eigenvalue weighted by Gasteiger charge is -2.33. The fraction of sp³-hybridized carbons (Fsp3) is 0.562. The van der Waals surface area contributed by atoms with E-state index in [1.807, 2.05) is 30.3 Å². The number of sulfonamides is 1. The SMILES string of the molecule is CCS(=O)(=O)N1CCC(NC(=O)C(C)(N)c2ccccc2)CC1.Cl. The van der Waals surface area contributed by atoms with Crippen molar-refractivity contribution in [1.82, 2.24) is 9.62 Å². The smallest absolute Gasteiger partial charge is 0.244 e. The molecule has 0 aromatic heterocycles. The van der Waals surface area contributed by atoms with Gasteiger partial charge in [-0.3, -0.25) is 4.79 Å². The number of piperidine rings is 1. The molecular formula is C16H26ClN3O3S. The highest BCUT2D eigenvalue weighted by atomic mass is 35.5. The molecule has 2 rings (SSSR count). The average molecular weight is 376 g/mol. The molecule has 8 heteroatoms. The number of halogens is 1. The summed E-state index contributed by atoms with van der Waals surface area (Å²) < 4.78 is 25.2. The van der Waals surface area contributed by atoms with E-state index in [9.17, 15) is 13.2 Å². The van der Waals surface area contributed by atoms with Crippen molar-refractivity contribution >= 4 is 28.3 Å². The predicted octanol–water partition coefficient (Wildman–Crippen LogP) is 1.21. The van der Waals surface area contributed by atoms with Crippen LogP contribution < -0.4 is 11.1 Å². The van der Waals surface area contributed by atoms with Crippen LogP contribution in [0.4, 0.5) is 0 Å². The monoisotopic (exact) mass is 375 g/mol. The third-order valence-electron chi connectivity index (χ3n) is 4.39. The quantitative estimate of drug-likeness (QED) is 0.809. The fourth-order valence-electron chi connectivity index (χ4n) is 2.71. The summed E-state index contributed by atoms with van der Waals surface area (Å²) >= 11 is 0. The predicted molar refractivity (Wildman–Crippen MR) is 97.4 cm³/mol. The Labute approximate surface area is 150 Å². The number of nitrogens with zero attached hydrogens (tertiary/aromatic N) is 1. The fourth-order valence-corrected chi connectivity index (χ4v) is 3.84. The zero-order chi connectivity index (χ0) is 17.1. The van der Waals surface area contributed by atoms with Gasteiger partial charge in [0.1, 0.15) is 5.54 Å². The first kappa shape index (κ1) is 20.9. The standard InChI is InChI=1S/C16H25N3O3S.ClH/c1-3-23(21,22)19-11-9-14(10-12-19)18-15(20)16(2,17)13-7-5-4-6-8-13;/h4-8,14H,3,9-12,17H2,1-2H3,(H,18,20);1H. The van der Waals surface area contributed by atoms with Crippen molar-refractivity contribution < 1.29 is 13.2 Å². The molecule has 1 amide bonds. The van der Waals surface area contributed by atoms with Gasteiger partial charge in [-0.15, -0.1) is 12.4 Å². The molecule has 1 atom stereocenters. The lowest BCUT2D eigenvalue weighted by Crippen LogP contribution is -2.54. The van der Waals surface area contributed by atoms with Crippen LogP contribution in [0.1, 0.15) is 32.3 Å². The molecule has 1 saturated heterocycles. The van der Waals surface area contributed by atoms with Crippen LogP contribution in [0.25, 0.3) is 0 Å². The van der Waals surface area contributed by atoms with E-state index in [4.69, 9.17) is 5.73 Å². The zero-order valence-electron chi connectivity index (χ0n) is 14.1. The molecule has 0 aliphatic carbocycles. The Morgan fingerprint density at radius 1 is 1.29 bits per heavy atom. The highest BCUT2D eigenvalue weighted by Gasteiger charge is 2.33. The number of hydrogen-bond donors (Lipinski definition) is 2. The van der Waals surface area contributed by atoms with Gasteiger partial charge in [-0.05, 0) is 32.3 Å². The Morgan fingerprint density at radius 3 is 2.33 bits per heavy atom. The summed E-state index contributed by atoms with van der Waals surface area (Å²) in [5.41, 5.74) is 5.85. The molecule has 1 aromatic carbocycles. The van der Waals surface area contributed by atoms with Gasteiger partial charge < -0.3 is 11.1 Å². The van der Waals surface area contributed by atoms with Gasteiger partial charge in [-0.1, -0.05) is 30.3 Å². The third kappa shape index (κ3) is 4.69. The minimum Gasteiger partial charge on any atom is -0.351 e. The summed E-state index contributed by atoms with van der Waals surface area (Å²) in [6.07, 6.45) is 1.21. The minimum atomic E-state index is -3.15. The summed E-state index contributed by atoms with van der Waals surface area (Å²) in [4.78, 5) is 12.5. The van der Waals surface area contributed by atoms with Crippen LogP contribution in [-0.4, -0.2) is 43.5 Å². The Kier molecular flexibility index (Phi) is 7.22. The maximum atomic E-state index is 12.5. The largest absolute Gasteiger partial charge is 0.351 e. The number of carbonyl (C=O) groups is 1. The Morgan fingerprint density at radius 2 is 1.83 bits per heavy atom. The summed E-state index contributed by atoms with van der Waals surface area (Å²) in [7, 11) is -3.15. The number of rotatable bonds is 5. The van der Waals surface area contributed by atoms with E-state index in [0.717, 1.165) is 5.56 Å². The van der Waals surface area contributed by atoms with Crippen LogP contribution in [0.2, 0.25) is 0 Å². The Hall–Kier alpha value is -1.15. The molecular weight excluding hydrogens is 350 g/mol. The summed E-state index contributed by atoms with van der Waals surface area (Å²) in [5.74, 6) is -0.126. The second-order valence-electron chi connectivity index (χ2n) is 6.12. The topological polar surface area (TPSA) is 92.5 Å². The van der Waals surface area contributed by atoms with E-state index in [-0.39, 0.29) is 30.1 Å². The van der Waals surface area contributed by atoms with E-state index in [1.165, 1.54) is 4.31 Å². The van der Waals surface area contributed by atoms with Crippen LogP contribution in [0, 0.1) is 0 Å². The second kappa shape index (κ2) is 8.29. The van der Waals surface area contributed by atoms with E-state index in [2.05, 4.69) is 5.32 Å². The first-order chi connectivity index (χ1) is 10.8. The molecule has 1 aromatic rings. The molecule has 1 fully saturated rings. The van der Waals surface area contributed by atoms with Crippen LogP contribution in [0.5, 0.6) is 0 Å². The van der Waals surface area contributed by atoms with Crippen LogP contribution in [0.15, 0.2) is 30.3 Å². The Balaban J connectivity index is 0.00000288. The highest BCUT2D eigenvalue weighted by Crippen LogP contribution is 2.20. The third-order valence-corrected chi connectivity index (χ3v) is 6.27. The molecule has 0 radical (unpaired) electrons. The lowest BCUT2D eigenvalue weighted by molar-refractivity contribution is -0.127. The summed E-state index contributed by atoms with van der Waals surface area (Å²) in [6, 6.07) is 9.19. The number of nitrogens with two attached hydrogens (primary N) is 1. The van der Waals surface area contributed by atoms with Gasteiger partial charge in [0.2, 0.25) is 15.9 Å². The molecule has 1 aliphatic rings. The van der Waals surface area contributed by atoms with Crippen molar-refractivity contribution in [2.24, 2.45) is 5.73 Å². The molecule has 1 unspecified atom stereocenters. The molecule has 0 saturated carbocycles. The van der Waals surface area contributed by atoms with Crippen LogP contribution >= 0.6 is 12.4 Å². The average Bonchev–Trinajstić information content (AvgIpc) is 2.56. The molecule has 1 heterocycles. The van der Waals surface area contributed by atoms with Crippen molar-refractivity contribution in [2.75, 3.05) is 18.8 Å². The van der Waals surface area contributed by atoms with Gasteiger partial charge in [-0.25, -0.2) is 12.7 Å². The first-order valence-corrected chi connectivity index (χ1v) is 9.51. The number of amides is 1. The molecule has 136 valence electrons. The van der Waals surface area contributed by atoms with Crippen LogP contribution in [-0.2, 0) is 20.4 Å². The second-order valence-corrected chi connectivity index (χ2v) is 8.37. The van der Waals surface area contributed by atoms with Crippen molar-refractivity contribution in [1.29, 1.82) is 0 Å². The van der Waals surface area contributed by atoms with Gasteiger partial charge in [0.25, 0.3) is 0 Å². The molecule has 0 bridgehead atoms. The minimum absolute atomic E-state index is 0. The van der Waals surface area contributed by atoms with Crippen molar-refractivity contribution in [3.05, 3.63) is 35.9 Å². The van der Waals surface area contributed by atoms with Crippen molar-refractivity contribution in [3.63, 3.8) is 0 Å². The van der Waals surface area contributed by atoms with E-state index < -0.39 is 15.6 Å². The summed E-state index contributed by atoms with van der Waals surface area (Å²) in [6.45, 7) is 4.21.